The average molecular weight is 265 g/mol. The van der Waals surface area contributed by atoms with E-state index < -0.39 is 0 Å². The zero-order valence-corrected chi connectivity index (χ0v) is 11.8. The Labute approximate surface area is 112 Å². The van der Waals surface area contributed by atoms with Crippen LogP contribution in [0.1, 0.15) is 44.5 Å². The fourth-order valence-corrected chi connectivity index (χ4v) is 1.72. The van der Waals surface area contributed by atoms with E-state index in [0.29, 0.717) is 11.7 Å². The zero-order chi connectivity index (χ0) is 13.3. The molecule has 2 aromatic rings. The van der Waals surface area contributed by atoms with E-state index in [1.165, 1.54) is 5.56 Å². The van der Waals surface area contributed by atoms with Crippen molar-refractivity contribution in [3.8, 4) is 11.5 Å². The van der Waals surface area contributed by atoms with Crippen LogP contribution in [0.5, 0.6) is 0 Å². The number of rotatable bonds is 2. The van der Waals surface area contributed by atoms with Gasteiger partial charge in [-0.2, -0.15) is 4.98 Å². The van der Waals surface area contributed by atoms with Crippen LogP contribution in [0.3, 0.4) is 0 Å². The highest BCUT2D eigenvalue weighted by atomic mass is 35.5. The summed E-state index contributed by atoms with van der Waals surface area (Å²) in [7, 11) is 0. The monoisotopic (exact) mass is 264 g/mol. The van der Waals surface area contributed by atoms with E-state index >= 15 is 0 Å². The van der Waals surface area contributed by atoms with Crippen LogP contribution in [-0.4, -0.2) is 10.1 Å². The van der Waals surface area contributed by atoms with E-state index in [9.17, 15) is 0 Å². The molecule has 0 saturated carbocycles. The summed E-state index contributed by atoms with van der Waals surface area (Å²) in [6.07, 6.45) is 0. The van der Waals surface area contributed by atoms with E-state index in [4.69, 9.17) is 16.1 Å². The molecule has 1 heterocycles. The van der Waals surface area contributed by atoms with Gasteiger partial charge < -0.3 is 4.52 Å². The maximum atomic E-state index is 5.90. The third kappa shape index (κ3) is 2.72. The van der Waals surface area contributed by atoms with Crippen LogP contribution in [0.15, 0.2) is 28.8 Å². The van der Waals surface area contributed by atoms with Gasteiger partial charge >= 0.3 is 0 Å². The quantitative estimate of drug-likeness (QED) is 0.758. The van der Waals surface area contributed by atoms with Crippen molar-refractivity contribution in [2.45, 2.75) is 38.5 Å². The number of benzene rings is 1. The van der Waals surface area contributed by atoms with Crippen molar-refractivity contribution in [2.24, 2.45) is 0 Å². The van der Waals surface area contributed by atoms with Crippen molar-refractivity contribution in [1.29, 1.82) is 0 Å². The SMILES string of the molecule is CC(Cl)c1noc(-c2ccc(C(C)(C)C)cc2)n1. The number of aromatic nitrogens is 2. The molecule has 18 heavy (non-hydrogen) atoms. The molecule has 3 nitrogen and oxygen atoms in total. The predicted octanol–water partition coefficient (Wildman–Crippen LogP) is 4.33. The summed E-state index contributed by atoms with van der Waals surface area (Å²) in [6, 6.07) is 8.17. The highest BCUT2D eigenvalue weighted by Crippen LogP contribution is 2.26. The minimum atomic E-state index is -0.239. The minimum absolute atomic E-state index is 0.142. The lowest BCUT2D eigenvalue weighted by atomic mass is 9.87. The summed E-state index contributed by atoms with van der Waals surface area (Å²) in [6.45, 7) is 8.37. The molecule has 0 fully saturated rings. The Hall–Kier alpha value is -1.35. The van der Waals surface area contributed by atoms with Crippen molar-refractivity contribution in [1.82, 2.24) is 10.1 Å². The smallest absolute Gasteiger partial charge is 0.257 e. The number of nitrogens with zero attached hydrogens (tertiary/aromatic N) is 2. The van der Waals surface area contributed by atoms with E-state index in [2.05, 4.69) is 43.0 Å². The molecule has 0 aliphatic rings. The molecule has 0 bridgehead atoms. The third-order valence-corrected chi connectivity index (χ3v) is 2.99. The molecule has 0 amide bonds. The zero-order valence-electron chi connectivity index (χ0n) is 11.1. The molecule has 96 valence electrons. The Morgan fingerprint density at radius 1 is 1.17 bits per heavy atom. The van der Waals surface area contributed by atoms with E-state index in [1.807, 2.05) is 19.1 Å². The Kier molecular flexibility index (Phi) is 3.44. The van der Waals surface area contributed by atoms with Gasteiger partial charge in [-0.15, -0.1) is 11.6 Å². The molecule has 1 aromatic heterocycles. The van der Waals surface area contributed by atoms with Crippen LogP contribution in [0.4, 0.5) is 0 Å². The minimum Gasteiger partial charge on any atom is -0.334 e. The second-order valence-corrected chi connectivity index (χ2v) is 6.06. The largest absolute Gasteiger partial charge is 0.334 e. The second kappa shape index (κ2) is 4.73. The van der Waals surface area contributed by atoms with Gasteiger partial charge in [0.2, 0.25) is 0 Å². The first-order chi connectivity index (χ1) is 8.38. The first-order valence-electron chi connectivity index (χ1n) is 5.96. The molecule has 1 atom stereocenters. The van der Waals surface area contributed by atoms with Gasteiger partial charge in [0.15, 0.2) is 5.82 Å². The number of hydrogen-bond donors (Lipinski definition) is 0. The van der Waals surface area contributed by atoms with Crippen molar-refractivity contribution in [3.63, 3.8) is 0 Å². The molecule has 0 saturated heterocycles. The van der Waals surface area contributed by atoms with Crippen LogP contribution in [0.2, 0.25) is 0 Å². The summed E-state index contributed by atoms with van der Waals surface area (Å²) in [5, 5.41) is 3.61. The van der Waals surface area contributed by atoms with Gasteiger partial charge in [-0.3, -0.25) is 0 Å². The molecule has 2 rings (SSSR count). The topological polar surface area (TPSA) is 38.9 Å². The van der Waals surface area contributed by atoms with Gasteiger partial charge in [0.25, 0.3) is 5.89 Å². The lowest BCUT2D eigenvalue weighted by molar-refractivity contribution is 0.422. The normalized spacial score (nSPS) is 13.6. The highest BCUT2D eigenvalue weighted by molar-refractivity contribution is 6.20. The van der Waals surface area contributed by atoms with Gasteiger partial charge in [0.05, 0.1) is 5.38 Å². The summed E-state index contributed by atoms with van der Waals surface area (Å²) < 4.78 is 5.19. The van der Waals surface area contributed by atoms with Crippen molar-refractivity contribution in [3.05, 3.63) is 35.7 Å². The summed E-state index contributed by atoms with van der Waals surface area (Å²) >= 11 is 5.90. The van der Waals surface area contributed by atoms with Crippen molar-refractivity contribution < 1.29 is 4.52 Å². The van der Waals surface area contributed by atoms with Crippen LogP contribution >= 0.6 is 11.6 Å². The molecule has 1 unspecified atom stereocenters. The van der Waals surface area contributed by atoms with Crippen LogP contribution in [-0.2, 0) is 5.41 Å². The number of alkyl halides is 1. The Morgan fingerprint density at radius 3 is 2.22 bits per heavy atom. The molecule has 0 N–H and O–H groups in total. The summed E-state index contributed by atoms with van der Waals surface area (Å²) in [4.78, 5) is 4.26. The van der Waals surface area contributed by atoms with Gasteiger partial charge in [-0.25, -0.2) is 0 Å². The van der Waals surface area contributed by atoms with Crippen LogP contribution < -0.4 is 0 Å². The fraction of sp³-hybridized carbons (Fsp3) is 0.429. The van der Waals surface area contributed by atoms with Crippen LogP contribution in [0, 0.1) is 0 Å². The molecule has 0 aliphatic carbocycles. The van der Waals surface area contributed by atoms with E-state index in [1.54, 1.807) is 0 Å². The summed E-state index contributed by atoms with van der Waals surface area (Å²) in [5.74, 6) is 1.03. The predicted molar refractivity (Wildman–Crippen MR) is 72.7 cm³/mol. The Balaban J connectivity index is 2.29. The maximum Gasteiger partial charge on any atom is 0.257 e. The highest BCUT2D eigenvalue weighted by Gasteiger charge is 2.15. The maximum absolute atomic E-state index is 5.90. The third-order valence-electron chi connectivity index (χ3n) is 2.80. The van der Waals surface area contributed by atoms with E-state index in [0.717, 1.165) is 5.56 Å². The standard InChI is InChI=1S/C14H17ClN2O/c1-9(15)12-16-13(18-17-12)10-5-7-11(8-6-10)14(2,3)4/h5-9H,1-4H3. The Morgan fingerprint density at radius 2 is 1.78 bits per heavy atom. The molecule has 0 radical (unpaired) electrons. The lowest BCUT2D eigenvalue weighted by Gasteiger charge is -2.18. The second-order valence-electron chi connectivity index (χ2n) is 5.40. The van der Waals surface area contributed by atoms with Crippen LogP contribution in [0.25, 0.3) is 11.5 Å². The molecule has 1 aromatic carbocycles. The van der Waals surface area contributed by atoms with Gasteiger partial charge in [0, 0.05) is 5.56 Å². The van der Waals surface area contributed by atoms with Gasteiger partial charge in [0.1, 0.15) is 0 Å². The number of hydrogen-bond acceptors (Lipinski definition) is 3. The first kappa shape index (κ1) is 13.1. The molecule has 0 aliphatic heterocycles. The molecule has 4 heteroatoms. The fourth-order valence-electron chi connectivity index (χ4n) is 1.63. The lowest BCUT2D eigenvalue weighted by Crippen LogP contribution is -2.10. The average Bonchev–Trinajstić information content (AvgIpc) is 2.77. The van der Waals surface area contributed by atoms with Gasteiger partial charge in [-0.1, -0.05) is 38.1 Å². The number of halogens is 1. The van der Waals surface area contributed by atoms with Gasteiger partial charge in [-0.05, 0) is 30.0 Å². The molecular formula is C14H17ClN2O. The Bertz CT molecular complexity index is 523. The van der Waals surface area contributed by atoms with Crippen molar-refractivity contribution in [2.75, 3.05) is 0 Å². The van der Waals surface area contributed by atoms with E-state index in [-0.39, 0.29) is 10.8 Å². The summed E-state index contributed by atoms with van der Waals surface area (Å²) in [5.41, 5.74) is 2.33. The van der Waals surface area contributed by atoms with Crippen molar-refractivity contribution >= 4 is 11.6 Å². The molecule has 0 spiro atoms. The first-order valence-corrected chi connectivity index (χ1v) is 6.40. The molecular weight excluding hydrogens is 248 g/mol.